The molecule has 3 atom stereocenters. The summed E-state index contributed by atoms with van der Waals surface area (Å²) in [7, 11) is -4.60. The van der Waals surface area contributed by atoms with Crippen LogP contribution in [0.2, 0.25) is 0 Å². The van der Waals surface area contributed by atoms with Crippen LogP contribution < -0.4 is 0 Å². The van der Waals surface area contributed by atoms with Crippen molar-refractivity contribution in [2.24, 2.45) is 0 Å². The lowest BCUT2D eigenvalue weighted by Gasteiger charge is -2.20. The average Bonchev–Trinajstić information content (AvgIpc) is 2.99. The van der Waals surface area contributed by atoms with E-state index in [0.29, 0.717) is 12.8 Å². The lowest BCUT2D eigenvalue weighted by molar-refractivity contribution is -0.153. The van der Waals surface area contributed by atoms with E-state index in [4.69, 9.17) is 18.5 Å². The van der Waals surface area contributed by atoms with Gasteiger partial charge in [-0.1, -0.05) is 103 Å². The highest BCUT2D eigenvalue weighted by Gasteiger charge is 2.27. The fourth-order valence-corrected chi connectivity index (χ4v) is 5.10. The Morgan fingerprint density at radius 1 is 0.605 bits per heavy atom. The highest BCUT2D eigenvalue weighted by atomic mass is 31.2. The summed E-state index contributed by atoms with van der Waals surface area (Å²) in [6.45, 7) is 1.88. The van der Waals surface area contributed by atoms with Crippen molar-refractivity contribution in [2.45, 2.75) is 154 Å². The Hall–Kier alpha value is -1.29. The smallest absolute Gasteiger partial charge is 0.457 e. The molecule has 0 saturated heterocycles. The summed E-state index contributed by atoms with van der Waals surface area (Å²) in [5.74, 6) is -1.06. The van der Waals surface area contributed by atoms with Gasteiger partial charge in [-0.25, -0.2) is 4.57 Å². The van der Waals surface area contributed by atoms with Crippen LogP contribution in [0.5, 0.6) is 0 Å². The number of unbranched alkanes of at least 4 members (excludes halogenated alkanes) is 15. The molecule has 0 aromatic rings. The lowest BCUT2D eigenvalue weighted by Crippen LogP contribution is -2.28. The number of allylic oxidation sites excluding steroid dienone is 2. The molecule has 10 nitrogen and oxygen atoms in total. The number of hydrogen-bond donors (Lipinski definition) is 3. The maximum absolute atomic E-state index is 12.1. The molecule has 0 saturated carbocycles. The third kappa shape index (κ3) is 28.0. The van der Waals surface area contributed by atoms with Gasteiger partial charge in [0.25, 0.3) is 0 Å². The third-order valence-corrected chi connectivity index (χ3v) is 7.93. The summed E-state index contributed by atoms with van der Waals surface area (Å²) in [4.78, 5) is 33.6. The fraction of sp³-hybridized carbons (Fsp3) is 0.875. The van der Waals surface area contributed by atoms with Gasteiger partial charge in [0.15, 0.2) is 0 Å². The highest BCUT2D eigenvalue weighted by molar-refractivity contribution is 7.47. The van der Waals surface area contributed by atoms with Gasteiger partial charge in [-0.15, -0.1) is 0 Å². The fourth-order valence-electron chi connectivity index (χ4n) is 4.32. The van der Waals surface area contributed by atoms with Crippen molar-refractivity contribution in [3.05, 3.63) is 12.2 Å². The number of ether oxygens (including phenoxy) is 2. The maximum Gasteiger partial charge on any atom is 0.472 e. The molecule has 11 heteroatoms. The number of phosphoric ester groups is 1. The predicted octanol–water partition coefficient (Wildman–Crippen LogP) is 7.33. The monoisotopic (exact) mass is 636 g/mol. The topological polar surface area (TPSA) is 149 Å². The predicted molar refractivity (Wildman–Crippen MR) is 168 cm³/mol. The molecule has 0 aromatic heterocycles. The van der Waals surface area contributed by atoms with Crippen LogP contribution >= 0.6 is 7.82 Å². The van der Waals surface area contributed by atoms with Crippen molar-refractivity contribution in [3.63, 3.8) is 0 Å². The van der Waals surface area contributed by atoms with Crippen LogP contribution in [0.15, 0.2) is 12.2 Å². The number of phosphoric acid groups is 1. The van der Waals surface area contributed by atoms with Crippen LogP contribution in [0, 0.1) is 0 Å². The first-order valence-corrected chi connectivity index (χ1v) is 18.1. The summed E-state index contributed by atoms with van der Waals surface area (Å²) in [5, 5.41) is 18.8. The van der Waals surface area contributed by atoms with E-state index in [0.717, 1.165) is 32.1 Å². The van der Waals surface area contributed by atoms with Gasteiger partial charge in [0, 0.05) is 12.8 Å². The number of aliphatic hydroxyl groups is 2. The van der Waals surface area contributed by atoms with Crippen LogP contribution in [0.3, 0.4) is 0 Å². The number of aliphatic hydroxyl groups excluding tert-OH is 2. The van der Waals surface area contributed by atoms with E-state index >= 15 is 0 Å². The lowest BCUT2D eigenvalue weighted by atomic mass is 10.1. The summed E-state index contributed by atoms with van der Waals surface area (Å²) in [5.41, 5.74) is 0. The minimum Gasteiger partial charge on any atom is -0.457 e. The van der Waals surface area contributed by atoms with Crippen LogP contribution in [-0.4, -0.2) is 65.7 Å². The van der Waals surface area contributed by atoms with Gasteiger partial charge in [-0.3, -0.25) is 18.6 Å². The molecule has 0 aliphatic heterocycles. The first kappa shape index (κ1) is 41.7. The first-order valence-electron chi connectivity index (χ1n) is 16.6. The second-order valence-electron chi connectivity index (χ2n) is 11.1. The standard InChI is InChI=1S/C32H61O10P/c1-3-5-7-8-9-10-11-12-13-14-15-16-17-18-19-20-21-22-24-32(36)42-30(26-34)28-40-43(37,38)39-27-29(25-33)41-31(35)23-6-4-2/h13-14,29-30,33-34H,3-12,15-28H2,1-2H3,(H,37,38)/b14-13-. The number of esters is 2. The Labute approximate surface area is 260 Å². The van der Waals surface area contributed by atoms with Gasteiger partial charge in [-0.2, -0.15) is 0 Å². The van der Waals surface area contributed by atoms with E-state index < -0.39 is 58.4 Å². The average molecular weight is 637 g/mol. The third-order valence-electron chi connectivity index (χ3n) is 6.98. The molecule has 0 spiro atoms. The molecule has 0 aromatic carbocycles. The van der Waals surface area contributed by atoms with Gasteiger partial charge < -0.3 is 24.6 Å². The zero-order valence-corrected chi connectivity index (χ0v) is 27.8. The van der Waals surface area contributed by atoms with E-state index in [1.165, 1.54) is 70.6 Å². The Morgan fingerprint density at radius 2 is 0.977 bits per heavy atom. The number of carbonyl (C=O) groups excluding carboxylic acids is 2. The van der Waals surface area contributed by atoms with Crippen molar-refractivity contribution < 1.29 is 47.8 Å². The molecular weight excluding hydrogens is 575 g/mol. The zero-order chi connectivity index (χ0) is 32.0. The van der Waals surface area contributed by atoms with Gasteiger partial charge in [0.1, 0.15) is 12.2 Å². The summed E-state index contributed by atoms with van der Waals surface area (Å²) >= 11 is 0. The van der Waals surface area contributed by atoms with Crippen LogP contribution in [0.25, 0.3) is 0 Å². The summed E-state index contributed by atoms with van der Waals surface area (Å²) in [6, 6.07) is 0. The van der Waals surface area contributed by atoms with E-state index in [9.17, 15) is 29.3 Å². The van der Waals surface area contributed by atoms with Crippen molar-refractivity contribution in [2.75, 3.05) is 26.4 Å². The number of hydrogen-bond acceptors (Lipinski definition) is 9. The van der Waals surface area contributed by atoms with E-state index in [1.807, 2.05) is 6.92 Å². The molecular formula is C32H61O10P. The maximum atomic E-state index is 12.1. The minimum absolute atomic E-state index is 0.168. The van der Waals surface area contributed by atoms with Gasteiger partial charge >= 0.3 is 19.8 Å². The molecule has 0 fully saturated rings. The quantitative estimate of drug-likeness (QED) is 0.0306. The number of carbonyl (C=O) groups is 2. The Bertz CT molecular complexity index is 746. The second-order valence-corrected chi connectivity index (χ2v) is 12.6. The zero-order valence-electron chi connectivity index (χ0n) is 26.9. The number of rotatable bonds is 31. The SMILES string of the molecule is CCCCCCCCC/C=C\CCCCCCCCCC(=O)OC(CO)COP(=O)(O)OCC(CO)OC(=O)CCCC. The van der Waals surface area contributed by atoms with Crippen LogP contribution in [0.1, 0.15) is 142 Å². The largest absolute Gasteiger partial charge is 0.472 e. The molecule has 0 rings (SSSR count). The first-order chi connectivity index (χ1) is 20.8. The van der Waals surface area contributed by atoms with Crippen molar-refractivity contribution in [3.8, 4) is 0 Å². The van der Waals surface area contributed by atoms with Crippen molar-refractivity contribution >= 4 is 19.8 Å². The molecule has 0 aliphatic rings. The molecule has 254 valence electrons. The molecule has 0 bridgehead atoms. The van der Waals surface area contributed by atoms with Gasteiger partial charge in [0.2, 0.25) is 0 Å². The highest BCUT2D eigenvalue weighted by Crippen LogP contribution is 2.43. The Balaban J connectivity index is 3.85. The molecule has 0 heterocycles. The van der Waals surface area contributed by atoms with E-state index in [1.54, 1.807) is 0 Å². The summed E-state index contributed by atoms with van der Waals surface area (Å²) in [6.07, 6.45) is 23.3. The minimum atomic E-state index is -4.60. The molecule has 43 heavy (non-hydrogen) atoms. The Kier molecular flexibility index (Phi) is 28.5. The molecule has 0 aliphatic carbocycles. The second kappa shape index (κ2) is 29.4. The van der Waals surface area contributed by atoms with Crippen molar-refractivity contribution in [1.82, 2.24) is 0 Å². The van der Waals surface area contributed by atoms with Crippen LogP contribution in [-0.2, 0) is 32.7 Å². The van der Waals surface area contributed by atoms with Gasteiger partial charge in [-0.05, 0) is 38.5 Å². The molecule has 3 unspecified atom stereocenters. The van der Waals surface area contributed by atoms with Gasteiger partial charge in [0.05, 0.1) is 26.4 Å². The van der Waals surface area contributed by atoms with E-state index in [-0.39, 0.29) is 12.8 Å². The van der Waals surface area contributed by atoms with Crippen LogP contribution in [0.4, 0.5) is 0 Å². The molecule has 0 amide bonds. The Morgan fingerprint density at radius 3 is 1.40 bits per heavy atom. The molecule has 3 N–H and O–H groups in total. The molecule has 0 radical (unpaired) electrons. The van der Waals surface area contributed by atoms with Crippen molar-refractivity contribution in [1.29, 1.82) is 0 Å². The summed E-state index contributed by atoms with van der Waals surface area (Å²) < 4.78 is 31.9. The normalized spacial score (nSPS) is 14.4. The van der Waals surface area contributed by atoms with E-state index in [2.05, 4.69) is 19.1 Å².